The first-order chi connectivity index (χ1) is 15.4. The van der Waals surface area contributed by atoms with Crippen LogP contribution < -0.4 is 0 Å². The number of aromatic nitrogens is 4. The fourth-order valence-corrected chi connectivity index (χ4v) is 4.63. The summed E-state index contributed by atoms with van der Waals surface area (Å²) >= 11 is 7.75. The van der Waals surface area contributed by atoms with Crippen molar-refractivity contribution in [1.82, 2.24) is 19.7 Å². The largest absolute Gasteiger partial charge is 0.298 e. The van der Waals surface area contributed by atoms with E-state index in [-0.39, 0.29) is 28.0 Å². The zero-order valence-corrected chi connectivity index (χ0v) is 20.3. The maximum Gasteiger partial charge on any atom is 0.196 e. The molecule has 2 aromatic carbocycles. The molecule has 0 aliphatic carbocycles. The summed E-state index contributed by atoms with van der Waals surface area (Å²) in [6.07, 6.45) is 3.19. The maximum absolute atomic E-state index is 14.1. The molecule has 0 N–H and O–H groups in total. The number of pyridine rings is 1. The van der Waals surface area contributed by atoms with E-state index in [1.54, 1.807) is 18.5 Å². The summed E-state index contributed by atoms with van der Waals surface area (Å²) in [5, 5.41) is 9.09. The average molecular weight is 580 g/mol. The van der Waals surface area contributed by atoms with Crippen molar-refractivity contribution >= 4 is 49.4 Å². The number of rotatable bonds is 7. The van der Waals surface area contributed by atoms with Crippen molar-refractivity contribution in [3.05, 3.63) is 87.1 Å². The predicted octanol–water partition coefficient (Wildman–Crippen LogP) is 6.04. The second kappa shape index (κ2) is 10.0. The van der Waals surface area contributed by atoms with Crippen molar-refractivity contribution in [1.29, 1.82) is 0 Å². The van der Waals surface area contributed by atoms with Gasteiger partial charge in [0.05, 0.1) is 5.75 Å². The highest BCUT2D eigenvalue weighted by atomic mass is 79.9. The van der Waals surface area contributed by atoms with Crippen molar-refractivity contribution in [2.75, 3.05) is 5.75 Å². The number of halogens is 4. The normalized spacial score (nSPS) is 11.0. The molecule has 0 amide bonds. The number of Topliss-reactive ketones (excluding diaryl/α,β-unsaturated/α-hetero) is 1. The van der Waals surface area contributed by atoms with E-state index < -0.39 is 11.6 Å². The molecule has 2 heterocycles. The minimum Gasteiger partial charge on any atom is -0.298 e. The minimum absolute atomic E-state index is 0.0466. The van der Waals surface area contributed by atoms with E-state index in [0.717, 1.165) is 27.9 Å². The smallest absolute Gasteiger partial charge is 0.196 e. The predicted molar refractivity (Wildman–Crippen MR) is 126 cm³/mol. The zero-order valence-electron chi connectivity index (χ0n) is 16.3. The van der Waals surface area contributed by atoms with Crippen LogP contribution in [0.5, 0.6) is 0 Å². The molecule has 4 aromatic rings. The molecule has 0 fully saturated rings. The number of thioether (sulfide) groups is 1. The third-order valence-corrected chi connectivity index (χ3v) is 6.70. The molecule has 0 radical (unpaired) electrons. The van der Waals surface area contributed by atoms with Gasteiger partial charge in [0, 0.05) is 50.6 Å². The Balaban J connectivity index is 1.59. The van der Waals surface area contributed by atoms with Crippen LogP contribution >= 0.6 is 43.6 Å². The van der Waals surface area contributed by atoms with Gasteiger partial charge in [-0.3, -0.25) is 14.3 Å². The van der Waals surface area contributed by atoms with E-state index in [0.29, 0.717) is 11.0 Å². The molecule has 0 atom stereocenters. The molecular formula is C22H14Br2F2N4OS. The van der Waals surface area contributed by atoms with E-state index in [4.69, 9.17) is 0 Å². The van der Waals surface area contributed by atoms with E-state index in [1.807, 2.05) is 34.9 Å². The van der Waals surface area contributed by atoms with Gasteiger partial charge in [-0.1, -0.05) is 43.6 Å². The summed E-state index contributed by atoms with van der Waals surface area (Å²) in [5.74, 6) is -1.06. The van der Waals surface area contributed by atoms with E-state index >= 15 is 0 Å². The first-order valence-corrected chi connectivity index (χ1v) is 11.9. The highest BCUT2D eigenvalue weighted by molar-refractivity contribution is 9.10. The van der Waals surface area contributed by atoms with Gasteiger partial charge in [-0.2, -0.15) is 0 Å². The van der Waals surface area contributed by atoms with Gasteiger partial charge in [-0.25, -0.2) is 8.78 Å². The summed E-state index contributed by atoms with van der Waals surface area (Å²) in [6.45, 7) is 0. The molecule has 0 unspecified atom stereocenters. The first-order valence-electron chi connectivity index (χ1n) is 9.32. The highest BCUT2D eigenvalue weighted by Gasteiger charge is 2.19. The summed E-state index contributed by atoms with van der Waals surface area (Å²) in [7, 11) is 0. The molecule has 5 nitrogen and oxygen atoms in total. The summed E-state index contributed by atoms with van der Waals surface area (Å²) in [6, 6.07) is 13.2. The molecule has 0 aliphatic rings. The monoisotopic (exact) mass is 578 g/mol. The molecule has 2 aromatic heterocycles. The van der Waals surface area contributed by atoms with Crippen molar-refractivity contribution in [3.8, 4) is 17.1 Å². The Morgan fingerprint density at radius 2 is 1.84 bits per heavy atom. The molecule has 0 bridgehead atoms. The summed E-state index contributed by atoms with van der Waals surface area (Å²) < 4.78 is 30.4. The van der Waals surface area contributed by atoms with Crippen LogP contribution in [-0.2, 0) is 11.2 Å². The number of nitrogens with zero attached hydrogens (tertiary/aromatic N) is 4. The SMILES string of the molecule is O=C(CSc1nnc(-c2cccnc2)n1-c1ccc(Br)cc1)Cc1c(F)cc(F)cc1Br. The first kappa shape index (κ1) is 22.8. The maximum atomic E-state index is 14.1. The Labute approximate surface area is 203 Å². The lowest BCUT2D eigenvalue weighted by atomic mass is 10.1. The Hall–Kier alpha value is -2.43. The Morgan fingerprint density at radius 3 is 2.53 bits per heavy atom. The quantitative estimate of drug-likeness (QED) is 0.250. The molecular weight excluding hydrogens is 566 g/mol. The number of carbonyl (C=O) groups is 1. The van der Waals surface area contributed by atoms with Crippen molar-refractivity contribution in [2.45, 2.75) is 11.6 Å². The Morgan fingerprint density at radius 1 is 1.06 bits per heavy atom. The van der Waals surface area contributed by atoms with Crippen LogP contribution in [0.3, 0.4) is 0 Å². The molecule has 4 rings (SSSR count). The molecule has 162 valence electrons. The van der Waals surface area contributed by atoms with Gasteiger partial charge in [0.15, 0.2) is 11.0 Å². The van der Waals surface area contributed by atoms with E-state index in [1.165, 1.54) is 11.8 Å². The number of ketones is 1. The zero-order chi connectivity index (χ0) is 22.7. The lowest BCUT2D eigenvalue weighted by Crippen LogP contribution is -2.09. The van der Waals surface area contributed by atoms with Crippen LogP contribution in [0.1, 0.15) is 5.56 Å². The second-order valence-corrected chi connectivity index (χ2v) is 9.42. The molecule has 0 saturated heterocycles. The second-order valence-electron chi connectivity index (χ2n) is 6.71. The van der Waals surface area contributed by atoms with Crippen LogP contribution in [0.4, 0.5) is 8.78 Å². The Kier molecular flexibility index (Phi) is 7.12. The fourth-order valence-electron chi connectivity index (χ4n) is 3.00. The Bertz CT molecular complexity index is 1240. The van der Waals surface area contributed by atoms with Gasteiger partial charge < -0.3 is 0 Å². The number of benzene rings is 2. The van der Waals surface area contributed by atoms with Crippen LogP contribution in [0, 0.1) is 11.6 Å². The summed E-state index contributed by atoms with van der Waals surface area (Å²) in [5.41, 5.74) is 1.72. The fraction of sp³-hybridized carbons (Fsp3) is 0.0909. The molecule has 10 heteroatoms. The van der Waals surface area contributed by atoms with Gasteiger partial charge in [0.2, 0.25) is 0 Å². The summed E-state index contributed by atoms with van der Waals surface area (Å²) in [4.78, 5) is 16.7. The standard InChI is InChI=1S/C22H14Br2F2N4OS/c23-14-3-5-16(6-4-14)30-21(13-2-1-7-27-11-13)28-29-22(30)32-12-17(31)10-18-19(24)8-15(25)9-20(18)26/h1-9,11H,10,12H2. The third-order valence-electron chi connectivity index (χ3n) is 4.48. The van der Waals surface area contributed by atoms with Crippen LogP contribution in [-0.4, -0.2) is 31.3 Å². The lowest BCUT2D eigenvalue weighted by Gasteiger charge is -2.10. The minimum atomic E-state index is -0.757. The van der Waals surface area contributed by atoms with Crippen LogP contribution in [0.15, 0.2) is 75.0 Å². The van der Waals surface area contributed by atoms with E-state index in [9.17, 15) is 13.6 Å². The van der Waals surface area contributed by atoms with Gasteiger partial charge >= 0.3 is 0 Å². The average Bonchev–Trinajstić information content (AvgIpc) is 3.20. The van der Waals surface area contributed by atoms with E-state index in [2.05, 4.69) is 47.0 Å². The topological polar surface area (TPSA) is 60.7 Å². The number of hydrogen-bond donors (Lipinski definition) is 0. The molecule has 0 spiro atoms. The number of hydrogen-bond acceptors (Lipinski definition) is 5. The van der Waals surface area contributed by atoms with Crippen LogP contribution in [0.2, 0.25) is 0 Å². The molecule has 0 saturated carbocycles. The highest BCUT2D eigenvalue weighted by Crippen LogP contribution is 2.29. The van der Waals surface area contributed by atoms with Gasteiger partial charge in [0.1, 0.15) is 17.4 Å². The molecule has 0 aliphatic heterocycles. The molecule has 32 heavy (non-hydrogen) atoms. The van der Waals surface area contributed by atoms with Crippen molar-refractivity contribution < 1.29 is 13.6 Å². The van der Waals surface area contributed by atoms with Gasteiger partial charge in [0.25, 0.3) is 0 Å². The van der Waals surface area contributed by atoms with Gasteiger partial charge in [-0.05, 0) is 42.5 Å². The van der Waals surface area contributed by atoms with Crippen molar-refractivity contribution in [2.24, 2.45) is 0 Å². The number of carbonyl (C=O) groups excluding carboxylic acids is 1. The van der Waals surface area contributed by atoms with Crippen LogP contribution in [0.25, 0.3) is 17.1 Å². The van der Waals surface area contributed by atoms with Crippen molar-refractivity contribution in [3.63, 3.8) is 0 Å². The third kappa shape index (κ3) is 5.13. The van der Waals surface area contributed by atoms with Gasteiger partial charge in [-0.15, -0.1) is 10.2 Å². The lowest BCUT2D eigenvalue weighted by molar-refractivity contribution is -0.116.